The fraction of sp³-hybridized carbons (Fsp3) is 0.467. The van der Waals surface area contributed by atoms with Gasteiger partial charge in [-0.05, 0) is 36.9 Å². The Morgan fingerprint density at radius 1 is 1.35 bits per heavy atom. The molecule has 0 spiro atoms. The molecule has 0 aliphatic carbocycles. The molecule has 0 aliphatic rings. The lowest BCUT2D eigenvalue weighted by atomic mass is 9.94. The lowest BCUT2D eigenvalue weighted by Gasteiger charge is -2.14. The van der Waals surface area contributed by atoms with Crippen LogP contribution in [-0.4, -0.2) is 16.7 Å². The van der Waals surface area contributed by atoms with Gasteiger partial charge in [0.2, 0.25) is 11.7 Å². The Morgan fingerprint density at radius 2 is 2.15 bits per heavy atom. The van der Waals surface area contributed by atoms with Crippen molar-refractivity contribution in [3.8, 4) is 11.4 Å². The highest BCUT2D eigenvalue weighted by atomic mass is 35.5. The summed E-state index contributed by atoms with van der Waals surface area (Å²) in [6.07, 6.45) is 1.79. The molecule has 20 heavy (non-hydrogen) atoms. The van der Waals surface area contributed by atoms with E-state index in [1.165, 1.54) is 0 Å². The Balaban J connectivity index is 2.09. The van der Waals surface area contributed by atoms with E-state index in [0.717, 1.165) is 18.4 Å². The van der Waals surface area contributed by atoms with E-state index in [4.69, 9.17) is 21.9 Å². The summed E-state index contributed by atoms with van der Waals surface area (Å²) in [6.45, 7) is 5.01. The molecule has 0 amide bonds. The molecule has 1 aromatic heterocycles. The first-order valence-corrected chi connectivity index (χ1v) is 7.25. The van der Waals surface area contributed by atoms with Gasteiger partial charge >= 0.3 is 0 Å². The molecule has 2 aromatic rings. The second-order valence-electron chi connectivity index (χ2n) is 5.46. The number of nitrogens with two attached hydrogens (primary N) is 1. The van der Waals surface area contributed by atoms with Gasteiger partial charge in [-0.25, -0.2) is 0 Å². The van der Waals surface area contributed by atoms with Crippen molar-refractivity contribution in [2.24, 2.45) is 17.6 Å². The highest BCUT2D eigenvalue weighted by Crippen LogP contribution is 2.21. The van der Waals surface area contributed by atoms with Gasteiger partial charge in [-0.15, -0.1) is 0 Å². The first-order valence-electron chi connectivity index (χ1n) is 6.87. The van der Waals surface area contributed by atoms with Crippen LogP contribution in [0.15, 0.2) is 28.8 Å². The molecule has 1 aromatic carbocycles. The molecule has 2 N–H and O–H groups in total. The summed E-state index contributed by atoms with van der Waals surface area (Å²) >= 11 is 5.96. The molecule has 0 saturated carbocycles. The molecular weight excluding hydrogens is 274 g/mol. The number of benzene rings is 1. The number of aromatic nitrogens is 2. The second-order valence-corrected chi connectivity index (χ2v) is 5.89. The number of rotatable bonds is 6. The van der Waals surface area contributed by atoms with E-state index in [9.17, 15) is 0 Å². The highest BCUT2D eigenvalue weighted by Gasteiger charge is 2.15. The molecule has 0 radical (unpaired) electrons. The van der Waals surface area contributed by atoms with Gasteiger partial charge < -0.3 is 10.3 Å². The van der Waals surface area contributed by atoms with E-state index in [0.29, 0.717) is 35.1 Å². The molecule has 0 bridgehead atoms. The SMILES string of the molecule is CC(C)C[C@H](CN)Cc1nc(-c2cccc(Cl)c2)no1. The largest absolute Gasteiger partial charge is 0.339 e. The summed E-state index contributed by atoms with van der Waals surface area (Å²) in [5.41, 5.74) is 6.66. The van der Waals surface area contributed by atoms with Gasteiger partial charge in [0.1, 0.15) is 0 Å². The smallest absolute Gasteiger partial charge is 0.227 e. The lowest BCUT2D eigenvalue weighted by Crippen LogP contribution is -2.19. The van der Waals surface area contributed by atoms with Crippen molar-refractivity contribution in [1.82, 2.24) is 10.1 Å². The van der Waals surface area contributed by atoms with Crippen LogP contribution < -0.4 is 5.73 Å². The summed E-state index contributed by atoms with van der Waals surface area (Å²) in [6, 6.07) is 7.42. The highest BCUT2D eigenvalue weighted by molar-refractivity contribution is 6.30. The minimum Gasteiger partial charge on any atom is -0.339 e. The molecule has 0 fully saturated rings. The lowest BCUT2D eigenvalue weighted by molar-refractivity contribution is 0.332. The zero-order valence-corrected chi connectivity index (χ0v) is 12.6. The topological polar surface area (TPSA) is 64.9 Å². The third-order valence-corrected chi connectivity index (χ3v) is 3.39. The maximum absolute atomic E-state index is 5.96. The van der Waals surface area contributed by atoms with Crippen molar-refractivity contribution >= 4 is 11.6 Å². The Hall–Kier alpha value is -1.39. The van der Waals surface area contributed by atoms with Gasteiger partial charge in [-0.2, -0.15) is 4.98 Å². The molecule has 0 saturated heterocycles. The molecule has 108 valence electrons. The van der Waals surface area contributed by atoms with Crippen molar-refractivity contribution < 1.29 is 4.52 Å². The number of halogens is 1. The minimum absolute atomic E-state index is 0.377. The van der Waals surface area contributed by atoms with Crippen LogP contribution in [-0.2, 0) is 6.42 Å². The van der Waals surface area contributed by atoms with Gasteiger partial charge in [0.05, 0.1) is 0 Å². The molecule has 2 rings (SSSR count). The first kappa shape index (κ1) is 15.0. The zero-order chi connectivity index (χ0) is 14.5. The van der Waals surface area contributed by atoms with Crippen LogP contribution in [0.2, 0.25) is 5.02 Å². The maximum atomic E-state index is 5.96. The monoisotopic (exact) mass is 293 g/mol. The summed E-state index contributed by atoms with van der Waals surface area (Å²) in [5, 5.41) is 4.67. The average Bonchev–Trinajstić information content (AvgIpc) is 2.86. The minimum atomic E-state index is 0.377. The summed E-state index contributed by atoms with van der Waals surface area (Å²) in [4.78, 5) is 4.42. The predicted octanol–water partition coefficient (Wildman–Crippen LogP) is 3.55. The van der Waals surface area contributed by atoms with Crippen molar-refractivity contribution in [2.75, 3.05) is 6.54 Å². The molecule has 4 nitrogen and oxygen atoms in total. The summed E-state index contributed by atoms with van der Waals surface area (Å²) in [7, 11) is 0. The first-order chi connectivity index (χ1) is 9.58. The molecule has 0 aliphatic heterocycles. The van der Waals surface area contributed by atoms with E-state index >= 15 is 0 Å². The van der Waals surface area contributed by atoms with Crippen molar-refractivity contribution in [3.05, 3.63) is 35.2 Å². The van der Waals surface area contributed by atoms with Gasteiger partial charge in [-0.1, -0.05) is 42.7 Å². The van der Waals surface area contributed by atoms with Crippen molar-refractivity contribution in [1.29, 1.82) is 0 Å². The zero-order valence-electron chi connectivity index (χ0n) is 11.8. The molecule has 0 unspecified atom stereocenters. The Labute approximate surface area is 124 Å². The normalized spacial score (nSPS) is 12.8. The van der Waals surface area contributed by atoms with Crippen LogP contribution in [0.5, 0.6) is 0 Å². The van der Waals surface area contributed by atoms with Crippen molar-refractivity contribution in [2.45, 2.75) is 26.7 Å². The Bertz CT molecular complexity index is 554. The average molecular weight is 294 g/mol. The van der Waals surface area contributed by atoms with Crippen LogP contribution in [0.1, 0.15) is 26.2 Å². The van der Waals surface area contributed by atoms with E-state index in [-0.39, 0.29) is 0 Å². The van der Waals surface area contributed by atoms with Crippen LogP contribution >= 0.6 is 11.6 Å². The van der Waals surface area contributed by atoms with Crippen LogP contribution in [0, 0.1) is 11.8 Å². The standard InChI is InChI=1S/C15H20ClN3O/c1-10(2)6-11(9-17)7-14-18-15(19-20-14)12-4-3-5-13(16)8-12/h3-5,8,10-11H,6-7,9,17H2,1-2H3/t11-/m0/s1. The van der Waals surface area contributed by atoms with E-state index in [1.54, 1.807) is 0 Å². The second kappa shape index (κ2) is 6.86. The van der Waals surface area contributed by atoms with Gasteiger partial charge in [-0.3, -0.25) is 0 Å². The fourth-order valence-electron chi connectivity index (χ4n) is 2.26. The van der Waals surface area contributed by atoms with Gasteiger partial charge in [0.25, 0.3) is 0 Å². The van der Waals surface area contributed by atoms with Gasteiger partial charge in [0, 0.05) is 17.0 Å². The van der Waals surface area contributed by atoms with Crippen molar-refractivity contribution in [3.63, 3.8) is 0 Å². The van der Waals surface area contributed by atoms with Crippen LogP contribution in [0.4, 0.5) is 0 Å². The quantitative estimate of drug-likeness (QED) is 0.884. The molecule has 1 heterocycles. The van der Waals surface area contributed by atoms with Crippen LogP contribution in [0.3, 0.4) is 0 Å². The predicted molar refractivity (Wildman–Crippen MR) is 80.4 cm³/mol. The summed E-state index contributed by atoms with van der Waals surface area (Å²) in [5.74, 6) is 2.19. The molecular formula is C15H20ClN3O. The molecule has 1 atom stereocenters. The number of hydrogen-bond acceptors (Lipinski definition) is 4. The Kier molecular flexibility index (Phi) is 5.15. The summed E-state index contributed by atoms with van der Waals surface area (Å²) < 4.78 is 5.31. The molecule has 5 heteroatoms. The maximum Gasteiger partial charge on any atom is 0.227 e. The Morgan fingerprint density at radius 3 is 2.80 bits per heavy atom. The number of nitrogens with zero attached hydrogens (tertiary/aromatic N) is 2. The number of hydrogen-bond donors (Lipinski definition) is 1. The third-order valence-electron chi connectivity index (χ3n) is 3.15. The van der Waals surface area contributed by atoms with Crippen LogP contribution in [0.25, 0.3) is 11.4 Å². The van der Waals surface area contributed by atoms with E-state index < -0.39 is 0 Å². The van der Waals surface area contributed by atoms with Gasteiger partial charge in [0.15, 0.2) is 0 Å². The van der Waals surface area contributed by atoms with E-state index in [1.807, 2.05) is 24.3 Å². The fourth-order valence-corrected chi connectivity index (χ4v) is 2.45. The van der Waals surface area contributed by atoms with E-state index in [2.05, 4.69) is 24.0 Å². The third kappa shape index (κ3) is 4.05.